The quantitative estimate of drug-likeness (QED) is 0.769. The largest absolute Gasteiger partial charge is 0.465 e. The van der Waals surface area contributed by atoms with E-state index in [-0.39, 0.29) is 24.2 Å². The molecule has 27 heavy (non-hydrogen) atoms. The molecule has 1 amide bonds. The highest BCUT2D eigenvalue weighted by Gasteiger charge is 2.27. The number of amides is 1. The number of H-pyrrole nitrogens is 1. The van der Waals surface area contributed by atoms with Crippen LogP contribution in [0.4, 0.5) is 0 Å². The molecule has 1 N–H and O–H groups in total. The van der Waals surface area contributed by atoms with Crippen LogP contribution in [0, 0.1) is 12.8 Å². The van der Waals surface area contributed by atoms with Crippen molar-refractivity contribution >= 4 is 17.8 Å². The van der Waals surface area contributed by atoms with Crippen LogP contribution < -0.4 is 0 Å². The Kier molecular flexibility index (Phi) is 7.05. The van der Waals surface area contributed by atoms with Gasteiger partial charge in [-0.2, -0.15) is 0 Å². The van der Waals surface area contributed by atoms with Crippen molar-refractivity contribution in [2.75, 3.05) is 20.8 Å². The molecule has 1 aromatic rings. The number of carbonyl (C=O) groups is 3. The average molecular weight is 378 g/mol. The van der Waals surface area contributed by atoms with Gasteiger partial charge in [0.2, 0.25) is 0 Å². The minimum atomic E-state index is -0.642. The number of nitrogens with one attached hydrogen (secondary N) is 1. The molecular formula is C20H30N2O5. The van der Waals surface area contributed by atoms with E-state index in [1.165, 1.54) is 7.11 Å². The molecule has 7 nitrogen and oxygen atoms in total. The van der Waals surface area contributed by atoms with Crippen molar-refractivity contribution in [3.8, 4) is 0 Å². The van der Waals surface area contributed by atoms with E-state index < -0.39 is 11.9 Å². The second-order valence-corrected chi connectivity index (χ2v) is 7.32. The summed E-state index contributed by atoms with van der Waals surface area (Å²) in [4.78, 5) is 41.4. The molecule has 0 unspecified atom stereocenters. The van der Waals surface area contributed by atoms with Crippen LogP contribution in [0.15, 0.2) is 0 Å². The third-order valence-electron chi connectivity index (χ3n) is 5.53. The molecule has 0 aliphatic heterocycles. The Bertz CT molecular complexity index is 701. The van der Waals surface area contributed by atoms with Gasteiger partial charge in [-0.05, 0) is 50.5 Å². The Labute approximate surface area is 160 Å². The topological polar surface area (TPSA) is 88.7 Å². The highest BCUT2D eigenvalue weighted by atomic mass is 16.5. The van der Waals surface area contributed by atoms with Gasteiger partial charge in [-0.15, -0.1) is 0 Å². The third kappa shape index (κ3) is 4.70. The summed E-state index contributed by atoms with van der Waals surface area (Å²) in [6.45, 7) is 5.45. The lowest BCUT2D eigenvalue weighted by Gasteiger charge is -2.33. The summed E-state index contributed by atoms with van der Waals surface area (Å²) < 4.78 is 10.0. The fraction of sp³-hybridized carbons (Fsp3) is 0.650. The van der Waals surface area contributed by atoms with Gasteiger partial charge in [-0.3, -0.25) is 4.79 Å². The van der Waals surface area contributed by atoms with Gasteiger partial charge in [-0.25, -0.2) is 9.59 Å². The van der Waals surface area contributed by atoms with Crippen molar-refractivity contribution in [1.82, 2.24) is 9.88 Å². The van der Waals surface area contributed by atoms with E-state index in [9.17, 15) is 14.4 Å². The first-order valence-electron chi connectivity index (χ1n) is 9.52. The lowest BCUT2D eigenvalue weighted by molar-refractivity contribution is -0.136. The van der Waals surface area contributed by atoms with Gasteiger partial charge < -0.3 is 19.4 Å². The fourth-order valence-electron chi connectivity index (χ4n) is 3.64. The molecule has 1 aromatic heterocycles. The molecule has 1 aliphatic carbocycles. The summed E-state index contributed by atoms with van der Waals surface area (Å²) in [5.74, 6) is -0.649. The summed E-state index contributed by atoms with van der Waals surface area (Å²) in [5.41, 5.74) is 1.64. The van der Waals surface area contributed by atoms with E-state index in [0.717, 1.165) is 25.7 Å². The highest BCUT2D eigenvalue weighted by molar-refractivity contribution is 5.99. The molecule has 1 aliphatic rings. The highest BCUT2D eigenvalue weighted by Crippen LogP contribution is 2.26. The second kappa shape index (κ2) is 9.06. The van der Waals surface area contributed by atoms with Gasteiger partial charge in [0.15, 0.2) is 6.61 Å². The number of aryl methyl sites for hydroxylation is 1. The number of carbonyl (C=O) groups excluding carboxylic acids is 3. The minimum Gasteiger partial charge on any atom is -0.465 e. The van der Waals surface area contributed by atoms with E-state index >= 15 is 0 Å². The summed E-state index contributed by atoms with van der Waals surface area (Å²) >= 11 is 0. The predicted octanol–water partition coefficient (Wildman–Crippen LogP) is 2.87. The Morgan fingerprint density at radius 3 is 2.33 bits per heavy atom. The number of ether oxygens (including phenoxy) is 2. The SMILES string of the molecule is CCc1[nH]c(C(=O)OCC(=O)N(C)C2CCC(C)CC2)c(C)c1C(=O)OC. The molecule has 0 radical (unpaired) electrons. The lowest BCUT2D eigenvalue weighted by Crippen LogP contribution is -2.41. The first-order valence-corrected chi connectivity index (χ1v) is 9.52. The van der Waals surface area contributed by atoms with Crippen LogP contribution in [0.2, 0.25) is 0 Å². The van der Waals surface area contributed by atoms with E-state index in [1.807, 2.05) is 6.92 Å². The first kappa shape index (κ1) is 21.0. The third-order valence-corrected chi connectivity index (χ3v) is 5.53. The van der Waals surface area contributed by atoms with Crippen LogP contribution in [-0.2, 0) is 20.7 Å². The number of nitrogens with zero attached hydrogens (tertiary/aromatic N) is 1. The maximum atomic E-state index is 12.4. The maximum Gasteiger partial charge on any atom is 0.355 e. The Hall–Kier alpha value is -2.31. The molecule has 0 bridgehead atoms. The molecule has 1 fully saturated rings. The summed E-state index contributed by atoms with van der Waals surface area (Å²) in [7, 11) is 3.06. The van der Waals surface area contributed by atoms with E-state index in [1.54, 1.807) is 18.9 Å². The Morgan fingerprint density at radius 1 is 1.15 bits per heavy atom. The fourth-order valence-corrected chi connectivity index (χ4v) is 3.64. The molecule has 2 rings (SSSR count). The number of hydrogen-bond acceptors (Lipinski definition) is 5. The zero-order valence-corrected chi connectivity index (χ0v) is 16.9. The molecule has 0 aromatic carbocycles. The van der Waals surface area contributed by atoms with Crippen LogP contribution in [0.3, 0.4) is 0 Å². The maximum absolute atomic E-state index is 12.4. The van der Waals surface area contributed by atoms with Gasteiger partial charge in [0.1, 0.15) is 5.69 Å². The van der Waals surface area contributed by atoms with Crippen molar-refractivity contribution in [2.24, 2.45) is 5.92 Å². The summed E-state index contributed by atoms with van der Waals surface area (Å²) in [6.07, 6.45) is 4.73. The number of rotatable bonds is 6. The molecule has 150 valence electrons. The Balaban J connectivity index is 2.00. The van der Waals surface area contributed by atoms with Crippen molar-refractivity contribution in [2.45, 2.75) is 58.9 Å². The van der Waals surface area contributed by atoms with Gasteiger partial charge in [0.05, 0.1) is 12.7 Å². The van der Waals surface area contributed by atoms with Gasteiger partial charge in [0.25, 0.3) is 5.91 Å². The van der Waals surface area contributed by atoms with Crippen LogP contribution in [-0.4, -0.2) is 54.5 Å². The molecule has 1 saturated carbocycles. The second-order valence-electron chi connectivity index (χ2n) is 7.32. The molecule has 0 spiro atoms. The Morgan fingerprint density at radius 2 is 1.78 bits per heavy atom. The minimum absolute atomic E-state index is 0.189. The van der Waals surface area contributed by atoms with Crippen LogP contribution in [0.25, 0.3) is 0 Å². The van der Waals surface area contributed by atoms with Gasteiger partial charge >= 0.3 is 11.9 Å². The van der Waals surface area contributed by atoms with E-state index in [0.29, 0.717) is 29.2 Å². The normalized spacial score (nSPS) is 19.4. The smallest absolute Gasteiger partial charge is 0.355 e. The van der Waals surface area contributed by atoms with Crippen molar-refractivity contribution < 1.29 is 23.9 Å². The first-order chi connectivity index (χ1) is 12.8. The average Bonchev–Trinajstić information content (AvgIpc) is 3.01. The number of hydrogen-bond donors (Lipinski definition) is 1. The van der Waals surface area contributed by atoms with Gasteiger partial charge in [-0.1, -0.05) is 13.8 Å². The van der Waals surface area contributed by atoms with Crippen molar-refractivity contribution in [3.63, 3.8) is 0 Å². The van der Waals surface area contributed by atoms with E-state index in [4.69, 9.17) is 9.47 Å². The molecule has 7 heteroatoms. The van der Waals surface area contributed by atoms with Crippen LogP contribution in [0.1, 0.15) is 71.6 Å². The monoisotopic (exact) mass is 378 g/mol. The summed E-state index contributed by atoms with van der Waals surface area (Å²) in [5, 5.41) is 0. The van der Waals surface area contributed by atoms with Crippen molar-refractivity contribution in [1.29, 1.82) is 0 Å². The number of likely N-dealkylation sites (N-methyl/N-ethyl adjacent to an activating group) is 1. The predicted molar refractivity (Wildman–Crippen MR) is 101 cm³/mol. The number of esters is 2. The number of aromatic amines is 1. The van der Waals surface area contributed by atoms with Gasteiger partial charge in [0, 0.05) is 18.8 Å². The van der Waals surface area contributed by atoms with Crippen LogP contribution >= 0.6 is 0 Å². The van der Waals surface area contributed by atoms with Crippen molar-refractivity contribution in [3.05, 3.63) is 22.5 Å². The van der Waals surface area contributed by atoms with E-state index in [2.05, 4.69) is 11.9 Å². The van der Waals surface area contributed by atoms with Crippen LogP contribution in [0.5, 0.6) is 0 Å². The molecule has 0 atom stereocenters. The summed E-state index contributed by atoms with van der Waals surface area (Å²) in [6, 6.07) is 0.206. The zero-order chi connectivity index (χ0) is 20.1. The molecule has 1 heterocycles. The lowest BCUT2D eigenvalue weighted by atomic mass is 9.87. The standard InChI is InChI=1S/C20H30N2O5/c1-6-15-17(19(24)26-5)13(3)18(21-15)20(25)27-11-16(23)22(4)14-9-7-12(2)8-10-14/h12,14,21H,6-11H2,1-5H3. The number of aromatic nitrogens is 1. The zero-order valence-electron chi connectivity index (χ0n) is 16.9. The molecular weight excluding hydrogens is 348 g/mol. The number of methoxy groups -OCH3 is 1. The molecule has 0 saturated heterocycles.